The first-order chi connectivity index (χ1) is 8.63. The van der Waals surface area contributed by atoms with Gasteiger partial charge in [-0.05, 0) is 55.7 Å². The molecule has 2 heteroatoms. The summed E-state index contributed by atoms with van der Waals surface area (Å²) in [5.74, 6) is 2.67. The molecule has 1 aliphatic heterocycles. The normalized spacial score (nSPS) is 30.1. The number of hydrogen-bond acceptors (Lipinski definition) is 2. The second-order valence-corrected chi connectivity index (χ2v) is 6.22. The van der Waals surface area contributed by atoms with Crippen LogP contribution >= 0.6 is 0 Å². The molecule has 0 spiro atoms. The third-order valence-electron chi connectivity index (χ3n) is 4.53. The third kappa shape index (κ3) is 2.09. The molecule has 0 radical (unpaired) electrons. The lowest BCUT2D eigenvalue weighted by Gasteiger charge is -2.42. The molecule has 2 nitrogen and oxygen atoms in total. The largest absolute Gasteiger partial charge is 0.486 e. The van der Waals surface area contributed by atoms with Crippen LogP contribution in [0.25, 0.3) is 0 Å². The Morgan fingerprint density at radius 3 is 2.89 bits per heavy atom. The highest BCUT2D eigenvalue weighted by Crippen LogP contribution is 2.40. The van der Waals surface area contributed by atoms with E-state index in [-0.39, 0.29) is 0 Å². The first kappa shape index (κ1) is 11.9. The average molecular weight is 245 g/mol. The summed E-state index contributed by atoms with van der Waals surface area (Å²) in [4.78, 5) is 0. The van der Waals surface area contributed by atoms with Gasteiger partial charge in [0, 0.05) is 0 Å². The zero-order valence-corrected chi connectivity index (χ0v) is 11.6. The molecule has 2 aliphatic rings. The molecular formula is C16H23NO. The molecule has 1 fully saturated rings. The zero-order chi connectivity index (χ0) is 12.7. The fourth-order valence-corrected chi connectivity index (χ4v) is 3.28. The van der Waals surface area contributed by atoms with E-state index in [0.29, 0.717) is 12.1 Å². The Bertz CT molecular complexity index is 441. The second-order valence-electron chi connectivity index (χ2n) is 6.22. The van der Waals surface area contributed by atoms with Crippen molar-refractivity contribution in [2.24, 2.45) is 11.8 Å². The molecule has 3 atom stereocenters. The maximum Gasteiger partial charge on any atom is 0.143 e. The van der Waals surface area contributed by atoms with Gasteiger partial charge in [0.05, 0.1) is 11.7 Å². The number of hydrogen-bond donors (Lipinski definition) is 1. The van der Waals surface area contributed by atoms with E-state index in [1.54, 1.807) is 0 Å². The van der Waals surface area contributed by atoms with E-state index < -0.39 is 0 Å². The Kier molecular flexibility index (Phi) is 2.96. The van der Waals surface area contributed by atoms with E-state index in [2.05, 4.69) is 44.3 Å². The van der Waals surface area contributed by atoms with E-state index >= 15 is 0 Å². The van der Waals surface area contributed by atoms with Gasteiger partial charge in [0.25, 0.3) is 0 Å². The Morgan fingerprint density at radius 2 is 2.11 bits per heavy atom. The Hall–Kier alpha value is -1.18. The number of anilines is 1. The summed E-state index contributed by atoms with van der Waals surface area (Å²) < 4.78 is 6.18. The predicted molar refractivity (Wildman–Crippen MR) is 75.2 cm³/mol. The Morgan fingerprint density at radius 1 is 1.28 bits per heavy atom. The van der Waals surface area contributed by atoms with Crippen molar-refractivity contribution in [3.8, 4) is 5.75 Å². The SMILES string of the molecule is Cc1ccc2c(c1)OC1CCC(C(C)C)CC1N2. The lowest BCUT2D eigenvalue weighted by Crippen LogP contribution is -2.46. The maximum absolute atomic E-state index is 6.18. The van der Waals surface area contributed by atoms with E-state index in [1.807, 2.05) is 0 Å². The minimum Gasteiger partial charge on any atom is -0.486 e. The molecule has 18 heavy (non-hydrogen) atoms. The van der Waals surface area contributed by atoms with Crippen molar-refractivity contribution in [1.29, 1.82) is 0 Å². The molecule has 1 heterocycles. The van der Waals surface area contributed by atoms with Gasteiger partial charge in [-0.1, -0.05) is 19.9 Å². The molecule has 0 aromatic heterocycles. The molecule has 1 saturated carbocycles. The lowest BCUT2D eigenvalue weighted by atomic mass is 9.77. The van der Waals surface area contributed by atoms with Crippen molar-refractivity contribution in [3.05, 3.63) is 23.8 Å². The zero-order valence-electron chi connectivity index (χ0n) is 11.6. The minimum atomic E-state index is 0.370. The molecule has 3 rings (SSSR count). The fraction of sp³-hybridized carbons (Fsp3) is 0.625. The summed E-state index contributed by atoms with van der Waals surface area (Å²) in [6.07, 6.45) is 4.11. The van der Waals surface area contributed by atoms with Crippen LogP contribution in [0.4, 0.5) is 5.69 Å². The molecule has 3 unspecified atom stereocenters. The van der Waals surface area contributed by atoms with Gasteiger partial charge in [0.15, 0.2) is 0 Å². The molecule has 1 aliphatic carbocycles. The number of rotatable bonds is 1. The molecule has 0 bridgehead atoms. The van der Waals surface area contributed by atoms with Crippen LogP contribution < -0.4 is 10.1 Å². The molecule has 0 amide bonds. The number of benzene rings is 1. The standard InChI is InChI=1S/C16H23NO/c1-10(2)12-5-7-15-14(9-12)17-13-6-4-11(3)8-16(13)18-15/h4,6,8,10,12,14-15,17H,5,7,9H2,1-3H3. The van der Waals surface area contributed by atoms with Crippen LogP contribution in [0.2, 0.25) is 0 Å². The third-order valence-corrected chi connectivity index (χ3v) is 4.53. The van der Waals surface area contributed by atoms with Gasteiger partial charge in [-0.15, -0.1) is 0 Å². The molecule has 1 aromatic carbocycles. The van der Waals surface area contributed by atoms with Gasteiger partial charge in [0.1, 0.15) is 11.9 Å². The number of aryl methyl sites for hydroxylation is 1. The van der Waals surface area contributed by atoms with Crippen molar-refractivity contribution in [1.82, 2.24) is 0 Å². The molecular weight excluding hydrogens is 222 g/mol. The number of fused-ring (bicyclic) bond motifs is 2. The van der Waals surface area contributed by atoms with Crippen LogP contribution in [0, 0.1) is 18.8 Å². The predicted octanol–water partition coefficient (Wildman–Crippen LogP) is 3.99. The minimum absolute atomic E-state index is 0.370. The average Bonchev–Trinajstić information content (AvgIpc) is 2.35. The monoisotopic (exact) mass is 245 g/mol. The fourth-order valence-electron chi connectivity index (χ4n) is 3.28. The van der Waals surface area contributed by atoms with Gasteiger partial charge in [-0.25, -0.2) is 0 Å². The van der Waals surface area contributed by atoms with Crippen LogP contribution in [0.15, 0.2) is 18.2 Å². The van der Waals surface area contributed by atoms with Gasteiger partial charge in [-0.2, -0.15) is 0 Å². The van der Waals surface area contributed by atoms with Gasteiger partial charge in [0.2, 0.25) is 0 Å². The summed E-state index contributed by atoms with van der Waals surface area (Å²) in [5, 5.41) is 3.69. The van der Waals surface area contributed by atoms with Crippen LogP contribution in [0.3, 0.4) is 0 Å². The van der Waals surface area contributed by atoms with Gasteiger partial charge in [-0.3, -0.25) is 0 Å². The van der Waals surface area contributed by atoms with E-state index in [4.69, 9.17) is 4.74 Å². The summed E-state index contributed by atoms with van der Waals surface area (Å²) in [6.45, 7) is 6.79. The van der Waals surface area contributed by atoms with Crippen LogP contribution in [-0.4, -0.2) is 12.1 Å². The second kappa shape index (κ2) is 4.49. The highest BCUT2D eigenvalue weighted by Gasteiger charge is 2.36. The topological polar surface area (TPSA) is 21.3 Å². The molecule has 98 valence electrons. The van der Waals surface area contributed by atoms with Gasteiger partial charge < -0.3 is 10.1 Å². The van der Waals surface area contributed by atoms with Crippen molar-refractivity contribution in [3.63, 3.8) is 0 Å². The Balaban J connectivity index is 1.80. The van der Waals surface area contributed by atoms with Gasteiger partial charge >= 0.3 is 0 Å². The number of nitrogens with one attached hydrogen (secondary N) is 1. The summed E-state index contributed by atoms with van der Waals surface area (Å²) >= 11 is 0. The van der Waals surface area contributed by atoms with E-state index in [1.165, 1.54) is 30.5 Å². The van der Waals surface area contributed by atoms with Crippen LogP contribution in [0.1, 0.15) is 38.7 Å². The van der Waals surface area contributed by atoms with Crippen molar-refractivity contribution in [2.75, 3.05) is 5.32 Å². The van der Waals surface area contributed by atoms with E-state index in [0.717, 1.165) is 17.6 Å². The Labute approximate surface area is 110 Å². The number of ether oxygens (including phenoxy) is 1. The van der Waals surface area contributed by atoms with Crippen LogP contribution in [-0.2, 0) is 0 Å². The quantitative estimate of drug-likeness (QED) is 0.807. The molecule has 0 saturated heterocycles. The highest BCUT2D eigenvalue weighted by atomic mass is 16.5. The summed E-state index contributed by atoms with van der Waals surface area (Å²) in [7, 11) is 0. The maximum atomic E-state index is 6.18. The molecule has 1 N–H and O–H groups in total. The summed E-state index contributed by atoms with van der Waals surface area (Å²) in [5.41, 5.74) is 2.44. The van der Waals surface area contributed by atoms with Crippen LogP contribution in [0.5, 0.6) is 5.75 Å². The lowest BCUT2D eigenvalue weighted by molar-refractivity contribution is 0.0947. The highest BCUT2D eigenvalue weighted by molar-refractivity contribution is 5.60. The first-order valence-corrected chi connectivity index (χ1v) is 7.17. The van der Waals surface area contributed by atoms with Crippen molar-refractivity contribution < 1.29 is 4.74 Å². The molecule has 1 aromatic rings. The first-order valence-electron chi connectivity index (χ1n) is 7.17. The van der Waals surface area contributed by atoms with Crippen molar-refractivity contribution >= 4 is 5.69 Å². The van der Waals surface area contributed by atoms with E-state index in [9.17, 15) is 0 Å². The smallest absolute Gasteiger partial charge is 0.143 e. The van der Waals surface area contributed by atoms with Crippen molar-refractivity contribution in [2.45, 2.75) is 52.2 Å². The summed E-state index contributed by atoms with van der Waals surface area (Å²) in [6, 6.07) is 6.95.